The van der Waals surface area contributed by atoms with E-state index in [9.17, 15) is 5.11 Å². The SMILES string of the molecule is CCCN(CCC(O)c1ccc(Cl)cc1)C(C)C. The number of aliphatic hydroxyl groups excluding tert-OH is 1. The zero-order valence-electron chi connectivity index (χ0n) is 11.6. The van der Waals surface area contributed by atoms with Crippen molar-refractivity contribution in [3.05, 3.63) is 34.9 Å². The average molecular weight is 270 g/mol. The molecule has 0 amide bonds. The Hall–Kier alpha value is -0.570. The molecule has 0 aromatic heterocycles. The molecule has 0 saturated heterocycles. The molecule has 0 aliphatic rings. The van der Waals surface area contributed by atoms with Crippen LogP contribution in [0, 0.1) is 0 Å². The van der Waals surface area contributed by atoms with E-state index in [0.29, 0.717) is 11.1 Å². The molecular formula is C15H24ClNO. The number of hydrogen-bond donors (Lipinski definition) is 1. The van der Waals surface area contributed by atoms with E-state index in [2.05, 4.69) is 25.7 Å². The molecule has 1 atom stereocenters. The Labute approximate surface area is 116 Å². The first-order chi connectivity index (χ1) is 8.54. The fourth-order valence-corrected chi connectivity index (χ4v) is 2.18. The van der Waals surface area contributed by atoms with Crippen molar-refractivity contribution >= 4 is 11.6 Å². The summed E-state index contributed by atoms with van der Waals surface area (Å²) >= 11 is 5.84. The van der Waals surface area contributed by atoms with Gasteiger partial charge in [0.05, 0.1) is 6.10 Å². The van der Waals surface area contributed by atoms with E-state index < -0.39 is 6.10 Å². The Bertz CT molecular complexity index is 337. The van der Waals surface area contributed by atoms with Crippen molar-refractivity contribution in [2.75, 3.05) is 13.1 Å². The summed E-state index contributed by atoms with van der Waals surface area (Å²) < 4.78 is 0. The molecule has 3 heteroatoms. The molecule has 0 spiro atoms. The van der Waals surface area contributed by atoms with E-state index in [1.165, 1.54) is 0 Å². The van der Waals surface area contributed by atoms with E-state index in [0.717, 1.165) is 31.5 Å². The fraction of sp³-hybridized carbons (Fsp3) is 0.600. The van der Waals surface area contributed by atoms with Crippen molar-refractivity contribution in [2.45, 2.75) is 45.8 Å². The molecule has 18 heavy (non-hydrogen) atoms. The Kier molecular flexibility index (Phi) is 6.69. The van der Waals surface area contributed by atoms with Crippen molar-refractivity contribution in [3.63, 3.8) is 0 Å². The van der Waals surface area contributed by atoms with Gasteiger partial charge < -0.3 is 10.0 Å². The summed E-state index contributed by atoms with van der Waals surface area (Å²) in [5.41, 5.74) is 0.944. The highest BCUT2D eigenvalue weighted by Crippen LogP contribution is 2.19. The van der Waals surface area contributed by atoms with E-state index >= 15 is 0 Å². The molecule has 0 fully saturated rings. The van der Waals surface area contributed by atoms with Crippen molar-refractivity contribution in [1.82, 2.24) is 4.90 Å². The first kappa shape index (κ1) is 15.5. The smallest absolute Gasteiger partial charge is 0.0802 e. The van der Waals surface area contributed by atoms with Gasteiger partial charge in [0.1, 0.15) is 0 Å². The minimum absolute atomic E-state index is 0.402. The standard InChI is InChI=1S/C15H24ClNO/c1-4-10-17(12(2)3)11-9-15(18)13-5-7-14(16)8-6-13/h5-8,12,15,18H,4,9-11H2,1-3H3. The second-order valence-corrected chi connectivity index (χ2v) is 5.42. The Morgan fingerprint density at radius 2 is 1.78 bits per heavy atom. The maximum absolute atomic E-state index is 10.1. The number of aliphatic hydroxyl groups is 1. The quantitative estimate of drug-likeness (QED) is 0.812. The van der Waals surface area contributed by atoms with Crippen LogP contribution in [-0.4, -0.2) is 29.1 Å². The third-order valence-electron chi connectivity index (χ3n) is 3.19. The van der Waals surface area contributed by atoms with E-state index in [1.54, 1.807) is 0 Å². The molecule has 1 N–H and O–H groups in total. The number of hydrogen-bond acceptors (Lipinski definition) is 2. The highest BCUT2D eigenvalue weighted by atomic mass is 35.5. The lowest BCUT2D eigenvalue weighted by Crippen LogP contribution is -2.33. The van der Waals surface area contributed by atoms with Gasteiger partial charge in [-0.05, 0) is 50.9 Å². The lowest BCUT2D eigenvalue weighted by atomic mass is 10.1. The molecule has 2 nitrogen and oxygen atoms in total. The zero-order valence-corrected chi connectivity index (χ0v) is 12.3. The van der Waals surface area contributed by atoms with Crippen LogP contribution in [0.1, 0.15) is 45.3 Å². The number of rotatable bonds is 7. The van der Waals surface area contributed by atoms with Gasteiger partial charge in [0.2, 0.25) is 0 Å². The van der Waals surface area contributed by atoms with Gasteiger partial charge in [0, 0.05) is 17.6 Å². The first-order valence-electron chi connectivity index (χ1n) is 6.72. The normalized spacial score (nSPS) is 13.3. The van der Waals surface area contributed by atoms with Crippen LogP contribution < -0.4 is 0 Å². The summed E-state index contributed by atoms with van der Waals surface area (Å²) in [4.78, 5) is 2.40. The molecule has 1 aromatic carbocycles. The van der Waals surface area contributed by atoms with Gasteiger partial charge in [0.25, 0.3) is 0 Å². The Morgan fingerprint density at radius 3 is 2.28 bits per heavy atom. The predicted octanol–water partition coefficient (Wildman–Crippen LogP) is 3.88. The van der Waals surface area contributed by atoms with Gasteiger partial charge >= 0.3 is 0 Å². The van der Waals surface area contributed by atoms with Crippen LogP contribution in [0.3, 0.4) is 0 Å². The van der Waals surface area contributed by atoms with Crippen LogP contribution in [-0.2, 0) is 0 Å². The number of nitrogens with zero attached hydrogens (tertiary/aromatic N) is 1. The summed E-state index contributed by atoms with van der Waals surface area (Å²) in [5.74, 6) is 0. The molecule has 1 unspecified atom stereocenters. The van der Waals surface area contributed by atoms with Gasteiger partial charge in [0.15, 0.2) is 0 Å². The summed E-state index contributed by atoms with van der Waals surface area (Å²) in [6, 6.07) is 7.97. The first-order valence-corrected chi connectivity index (χ1v) is 7.10. The molecule has 0 radical (unpaired) electrons. The zero-order chi connectivity index (χ0) is 13.5. The van der Waals surface area contributed by atoms with Crippen LogP contribution in [0.15, 0.2) is 24.3 Å². The van der Waals surface area contributed by atoms with E-state index in [4.69, 9.17) is 11.6 Å². The largest absolute Gasteiger partial charge is 0.388 e. The minimum atomic E-state index is -0.402. The number of benzene rings is 1. The highest BCUT2D eigenvalue weighted by molar-refractivity contribution is 6.30. The third kappa shape index (κ3) is 4.97. The van der Waals surface area contributed by atoms with Crippen LogP contribution in [0.4, 0.5) is 0 Å². The van der Waals surface area contributed by atoms with Crippen LogP contribution in [0.2, 0.25) is 5.02 Å². The van der Waals surface area contributed by atoms with Crippen molar-refractivity contribution < 1.29 is 5.11 Å². The highest BCUT2D eigenvalue weighted by Gasteiger charge is 2.12. The van der Waals surface area contributed by atoms with Crippen molar-refractivity contribution in [1.29, 1.82) is 0 Å². The topological polar surface area (TPSA) is 23.5 Å². The molecule has 1 aromatic rings. The van der Waals surface area contributed by atoms with Gasteiger partial charge in [-0.2, -0.15) is 0 Å². The molecule has 0 aliphatic carbocycles. The van der Waals surface area contributed by atoms with Crippen molar-refractivity contribution in [3.8, 4) is 0 Å². The lowest BCUT2D eigenvalue weighted by Gasteiger charge is -2.27. The summed E-state index contributed by atoms with van der Waals surface area (Å²) in [6.07, 6.45) is 1.51. The molecule has 0 saturated carbocycles. The van der Waals surface area contributed by atoms with Gasteiger partial charge in [-0.25, -0.2) is 0 Å². The second kappa shape index (κ2) is 7.78. The van der Waals surface area contributed by atoms with Crippen LogP contribution >= 0.6 is 11.6 Å². The molecule has 0 aliphatic heterocycles. The van der Waals surface area contributed by atoms with Crippen molar-refractivity contribution in [2.24, 2.45) is 0 Å². The van der Waals surface area contributed by atoms with Gasteiger partial charge in [-0.1, -0.05) is 30.7 Å². The molecule has 1 rings (SSSR count). The number of halogens is 1. The third-order valence-corrected chi connectivity index (χ3v) is 3.44. The van der Waals surface area contributed by atoms with Gasteiger partial charge in [-0.15, -0.1) is 0 Å². The molecule has 102 valence electrons. The summed E-state index contributed by atoms with van der Waals surface area (Å²) in [5, 5.41) is 10.8. The minimum Gasteiger partial charge on any atom is -0.388 e. The lowest BCUT2D eigenvalue weighted by molar-refractivity contribution is 0.130. The van der Waals surface area contributed by atoms with E-state index in [-0.39, 0.29) is 0 Å². The summed E-state index contributed by atoms with van der Waals surface area (Å²) in [6.45, 7) is 8.60. The molecule has 0 bridgehead atoms. The Balaban J connectivity index is 2.48. The second-order valence-electron chi connectivity index (χ2n) is 4.99. The van der Waals surface area contributed by atoms with E-state index in [1.807, 2.05) is 24.3 Å². The monoisotopic (exact) mass is 269 g/mol. The maximum atomic E-state index is 10.1. The average Bonchev–Trinajstić information content (AvgIpc) is 2.34. The predicted molar refractivity (Wildman–Crippen MR) is 78.0 cm³/mol. The summed E-state index contributed by atoms with van der Waals surface area (Å²) in [7, 11) is 0. The van der Waals surface area contributed by atoms with Crippen LogP contribution in [0.5, 0.6) is 0 Å². The Morgan fingerprint density at radius 1 is 1.17 bits per heavy atom. The van der Waals surface area contributed by atoms with Crippen LogP contribution in [0.25, 0.3) is 0 Å². The molecule has 0 heterocycles. The maximum Gasteiger partial charge on any atom is 0.0802 e. The fourth-order valence-electron chi connectivity index (χ4n) is 2.06. The van der Waals surface area contributed by atoms with Gasteiger partial charge in [-0.3, -0.25) is 0 Å². The molecular weight excluding hydrogens is 246 g/mol.